The molecule has 0 aromatic carbocycles. The Morgan fingerprint density at radius 2 is 1.89 bits per heavy atom. The molecule has 0 saturated carbocycles. The van der Waals surface area contributed by atoms with Gasteiger partial charge < -0.3 is 35.7 Å². The van der Waals surface area contributed by atoms with Crippen LogP contribution in [0.2, 0.25) is 0 Å². The Hall–Kier alpha value is -2.47. The first-order valence-electron chi connectivity index (χ1n) is 12.9. The quantitative estimate of drug-likeness (QED) is 0.150. The molecule has 4 aliphatic heterocycles. The average Bonchev–Trinajstić information content (AvgIpc) is 3.72. The van der Waals surface area contributed by atoms with E-state index < -0.39 is 87.7 Å². The fourth-order valence-electron chi connectivity index (χ4n) is 5.23. The lowest BCUT2D eigenvalue weighted by molar-refractivity contribution is -0.0621. The summed E-state index contributed by atoms with van der Waals surface area (Å²) in [5.41, 5.74) is 10.7. The molecule has 244 valence electrons. The van der Waals surface area contributed by atoms with E-state index in [0.717, 1.165) is 4.68 Å². The molecule has 7 rings (SSSR count). The Balaban J connectivity index is 1.19. The number of aromatic amines is 1. The molecule has 3 fully saturated rings. The number of nitrogen functional groups attached to an aromatic ring is 1. The van der Waals surface area contributed by atoms with E-state index in [1.165, 1.54) is 17.2 Å². The summed E-state index contributed by atoms with van der Waals surface area (Å²) in [7, 11) is 0. The van der Waals surface area contributed by atoms with E-state index >= 15 is 8.78 Å². The Bertz CT molecular complexity index is 1830. The number of fused-ring (bicyclic) bond motifs is 5. The number of nitrogens with two attached hydrogens (primary N) is 2. The second-order valence-electron chi connectivity index (χ2n) is 10.1. The first kappa shape index (κ1) is 31.1. The summed E-state index contributed by atoms with van der Waals surface area (Å²) in [6, 6.07) is 0. The van der Waals surface area contributed by atoms with E-state index in [9.17, 15) is 14.3 Å². The van der Waals surface area contributed by atoms with Crippen LogP contribution in [0.3, 0.4) is 0 Å². The summed E-state index contributed by atoms with van der Waals surface area (Å²) in [5.74, 6) is -0.0133. The molecule has 0 aliphatic carbocycles. The molecule has 26 heteroatoms. The minimum atomic E-state index is -4.51. The zero-order valence-electron chi connectivity index (χ0n) is 22.3. The van der Waals surface area contributed by atoms with Crippen molar-refractivity contribution < 1.29 is 45.8 Å². The van der Waals surface area contributed by atoms with Gasteiger partial charge in [0.05, 0.1) is 25.9 Å². The number of nitrogens with one attached hydrogen (secondary N) is 2. The SMILES string of the molecule is Nc1nc2c(nnn2[C@@H]2O[C@@H]3COP(O)(=S)O[C@H]4[C@H](F)[C@H](n5cnc6c5NC=NC6N)O[C@@H]4COP(=O)(S)O[C@@H]2[C@@H]3F)c(=O)[nH]1. The van der Waals surface area contributed by atoms with Gasteiger partial charge >= 0.3 is 13.5 Å². The fraction of sp³-hybridized carbons (Fsp3) is 0.579. The Morgan fingerprint density at radius 1 is 1.13 bits per heavy atom. The van der Waals surface area contributed by atoms with Crippen molar-refractivity contribution in [2.75, 3.05) is 24.3 Å². The first-order valence-corrected chi connectivity index (χ1v) is 18.2. The van der Waals surface area contributed by atoms with Crippen LogP contribution in [0.15, 0.2) is 16.1 Å². The summed E-state index contributed by atoms with van der Waals surface area (Å²) in [5, 5.41) is 10.4. The molecule has 3 unspecified atom stereocenters. The molecule has 2 bridgehead atoms. The van der Waals surface area contributed by atoms with Gasteiger partial charge in [-0.25, -0.2) is 18.3 Å². The molecule has 0 amide bonds. The summed E-state index contributed by atoms with van der Waals surface area (Å²) in [4.78, 5) is 37.5. The smallest absolute Gasteiger partial charge is 0.369 e. The molecule has 3 aromatic heterocycles. The normalized spacial score (nSPS) is 40.2. The molecule has 7 heterocycles. The summed E-state index contributed by atoms with van der Waals surface area (Å²) < 4.78 is 80.8. The maximum Gasteiger partial charge on any atom is 0.386 e. The van der Waals surface area contributed by atoms with Crippen molar-refractivity contribution in [2.45, 2.75) is 55.4 Å². The van der Waals surface area contributed by atoms with Gasteiger partial charge in [0.25, 0.3) is 5.56 Å². The molecule has 4 aliphatic rings. The second kappa shape index (κ2) is 11.3. The van der Waals surface area contributed by atoms with Crippen LogP contribution in [-0.2, 0) is 43.9 Å². The minimum absolute atomic E-state index is 0.208. The fourth-order valence-corrected chi connectivity index (χ4v) is 8.12. The third-order valence-corrected chi connectivity index (χ3v) is 10.4. The Morgan fingerprint density at radius 3 is 2.69 bits per heavy atom. The number of imidazole rings is 1. The Kier molecular flexibility index (Phi) is 7.86. The number of aromatic nitrogens is 7. The standard InChI is InChI=1S/C19H23F2N11O9P2S2/c20-7-5-1-36-42(34,44)40-11-6(39-17(8(11)21)31-4-26-9-13(22)24-3-25-14(9)31)2-37-43(35,45)41-12(7)18(38-5)32-15-10(29-30-32)16(33)28-19(23)27-15/h3-8,11-13,17-18H,1-2,22H2,(H,24,25)(H,34,44)(H,35,45)(H3,23,27,28,33)/t5-,6-,7-,8+,11-,12-,13?,17-,18-,42?,43?/m1/s1. The third kappa shape index (κ3) is 5.61. The van der Waals surface area contributed by atoms with Gasteiger partial charge in [-0.2, -0.15) is 9.67 Å². The first-order chi connectivity index (χ1) is 21.3. The van der Waals surface area contributed by atoms with Gasteiger partial charge in [0.1, 0.15) is 42.1 Å². The van der Waals surface area contributed by atoms with Crippen LogP contribution in [0.4, 0.5) is 20.5 Å². The van der Waals surface area contributed by atoms with Crippen LogP contribution in [0.25, 0.3) is 11.2 Å². The molecule has 0 spiro atoms. The molecular formula is C19H23F2N11O9P2S2. The lowest BCUT2D eigenvalue weighted by Crippen LogP contribution is -2.34. The largest absolute Gasteiger partial charge is 0.386 e. The molecule has 20 nitrogen and oxygen atoms in total. The van der Waals surface area contributed by atoms with Crippen molar-refractivity contribution in [1.82, 2.24) is 34.5 Å². The highest BCUT2D eigenvalue weighted by Crippen LogP contribution is 2.59. The lowest BCUT2D eigenvalue weighted by atomic mass is 10.1. The number of hydrogen-bond donors (Lipinski definition) is 6. The molecule has 45 heavy (non-hydrogen) atoms. The van der Waals surface area contributed by atoms with Crippen molar-refractivity contribution in [2.24, 2.45) is 10.7 Å². The molecule has 0 radical (unpaired) electrons. The van der Waals surface area contributed by atoms with Crippen molar-refractivity contribution >= 4 is 66.8 Å². The number of halogens is 2. The van der Waals surface area contributed by atoms with Crippen molar-refractivity contribution in [3.63, 3.8) is 0 Å². The zero-order chi connectivity index (χ0) is 31.8. The monoisotopic (exact) mass is 713 g/mol. The zero-order valence-corrected chi connectivity index (χ0v) is 25.8. The number of H-pyrrole nitrogens is 1. The molecule has 7 N–H and O–H groups in total. The lowest BCUT2D eigenvalue weighted by Gasteiger charge is -2.26. The van der Waals surface area contributed by atoms with Crippen LogP contribution in [0, 0.1) is 0 Å². The van der Waals surface area contributed by atoms with Crippen LogP contribution < -0.4 is 22.3 Å². The van der Waals surface area contributed by atoms with Gasteiger partial charge in [0.15, 0.2) is 36.0 Å². The number of aliphatic imine (C=N–C) groups is 1. The maximum atomic E-state index is 16.0. The van der Waals surface area contributed by atoms with Crippen LogP contribution >= 0.6 is 25.8 Å². The number of alkyl halides is 2. The number of anilines is 2. The minimum Gasteiger partial charge on any atom is -0.369 e. The predicted molar refractivity (Wildman–Crippen MR) is 154 cm³/mol. The van der Waals surface area contributed by atoms with Crippen LogP contribution in [-0.4, -0.2) is 95.7 Å². The van der Waals surface area contributed by atoms with Gasteiger partial charge in [-0.3, -0.25) is 32.9 Å². The van der Waals surface area contributed by atoms with Gasteiger partial charge in [-0.05, 0) is 11.8 Å². The molecular weight excluding hydrogens is 690 g/mol. The summed E-state index contributed by atoms with van der Waals surface area (Å²) in [6.07, 6.45) is -11.7. The third-order valence-electron chi connectivity index (χ3n) is 7.25. The van der Waals surface area contributed by atoms with Crippen molar-refractivity contribution in [1.29, 1.82) is 0 Å². The Labute approximate surface area is 259 Å². The number of ether oxygens (including phenoxy) is 2. The van der Waals surface area contributed by atoms with E-state index in [1.54, 1.807) is 0 Å². The van der Waals surface area contributed by atoms with Crippen LogP contribution in [0.5, 0.6) is 0 Å². The summed E-state index contributed by atoms with van der Waals surface area (Å²) >= 11 is 9.09. The summed E-state index contributed by atoms with van der Waals surface area (Å²) in [6.45, 7) is -10.3. The predicted octanol–water partition coefficient (Wildman–Crippen LogP) is -0.0525. The van der Waals surface area contributed by atoms with Gasteiger partial charge in [-0.1, -0.05) is 17.5 Å². The molecule has 3 saturated heterocycles. The van der Waals surface area contributed by atoms with E-state index in [2.05, 4.69) is 47.8 Å². The number of nitrogens with zero attached hydrogens (tertiary/aromatic N) is 7. The van der Waals surface area contributed by atoms with E-state index in [0.29, 0.717) is 5.69 Å². The van der Waals surface area contributed by atoms with Crippen molar-refractivity contribution in [3.05, 3.63) is 22.4 Å². The van der Waals surface area contributed by atoms with Gasteiger partial charge in [-0.15, -0.1) is 5.10 Å². The van der Waals surface area contributed by atoms with E-state index in [4.69, 9.17) is 50.8 Å². The molecule has 3 aromatic rings. The number of hydrogen-bond acceptors (Lipinski definition) is 17. The van der Waals surface area contributed by atoms with Crippen LogP contribution in [0.1, 0.15) is 24.3 Å². The number of rotatable bonds is 2. The van der Waals surface area contributed by atoms with Gasteiger partial charge in [0.2, 0.25) is 5.95 Å². The van der Waals surface area contributed by atoms with E-state index in [1.807, 2.05) is 0 Å². The topological polar surface area (TPSA) is 263 Å². The highest BCUT2D eigenvalue weighted by atomic mass is 32.7. The second-order valence-corrected chi connectivity index (χ2v) is 15.8. The maximum absolute atomic E-state index is 16.0. The molecule has 11 atom stereocenters. The highest BCUT2D eigenvalue weighted by molar-refractivity contribution is 8.44. The highest BCUT2D eigenvalue weighted by Gasteiger charge is 2.54. The van der Waals surface area contributed by atoms with Gasteiger partial charge in [0, 0.05) is 0 Å². The van der Waals surface area contributed by atoms with Crippen molar-refractivity contribution in [3.8, 4) is 0 Å². The number of thiol groups is 1. The van der Waals surface area contributed by atoms with E-state index in [-0.39, 0.29) is 22.9 Å². The average molecular weight is 714 g/mol.